The van der Waals surface area contributed by atoms with Crippen molar-refractivity contribution < 1.29 is 9.90 Å². The van der Waals surface area contributed by atoms with Crippen LogP contribution in [0.4, 0.5) is 10.6 Å². The number of carboxylic acid groups (broad SMARTS) is 1. The Kier molecular flexibility index (Phi) is 2.28. The maximum Gasteiger partial charge on any atom is 0.412 e. The third kappa shape index (κ3) is 1.72. The molecule has 4 nitrogen and oxygen atoms in total. The normalized spacial score (nSPS) is 9.50. The summed E-state index contributed by atoms with van der Waals surface area (Å²) in [5, 5.41) is 8.61. The van der Waals surface area contributed by atoms with E-state index in [9.17, 15) is 4.79 Å². The zero-order valence-corrected chi connectivity index (χ0v) is 6.98. The molecule has 1 aromatic rings. The van der Waals surface area contributed by atoms with Crippen LogP contribution in [0.1, 0.15) is 5.69 Å². The van der Waals surface area contributed by atoms with Gasteiger partial charge in [-0.3, -0.25) is 4.90 Å². The first-order valence-electron chi connectivity index (χ1n) is 3.51. The molecule has 0 aromatic carbocycles. The maximum atomic E-state index is 10.5. The van der Waals surface area contributed by atoms with E-state index in [0.717, 1.165) is 10.6 Å². The maximum absolute atomic E-state index is 10.5. The van der Waals surface area contributed by atoms with Gasteiger partial charge in [0.05, 0.1) is 0 Å². The molecule has 0 radical (unpaired) electrons. The van der Waals surface area contributed by atoms with Gasteiger partial charge in [-0.1, -0.05) is 6.07 Å². The number of hydrogen-bond acceptors (Lipinski definition) is 2. The van der Waals surface area contributed by atoms with Crippen LogP contribution >= 0.6 is 0 Å². The smallest absolute Gasteiger partial charge is 0.412 e. The molecule has 1 heterocycles. The van der Waals surface area contributed by atoms with Crippen LogP contribution in [0.3, 0.4) is 0 Å². The Labute approximate surface area is 70.5 Å². The minimum Gasteiger partial charge on any atom is -0.465 e. The molecule has 0 bridgehead atoms. The number of carbonyl (C=O) groups is 1. The standard InChI is InChI=1S/C8H10N2O2/c1-6-4-3-5-7(9-6)10(2)8(11)12/h3-5H,1-2H3,(H,11,12). The van der Waals surface area contributed by atoms with Crippen LogP contribution in [0.2, 0.25) is 0 Å². The summed E-state index contributed by atoms with van der Waals surface area (Å²) in [6.45, 7) is 1.82. The summed E-state index contributed by atoms with van der Waals surface area (Å²) < 4.78 is 0. The molecule has 0 spiro atoms. The molecule has 0 saturated heterocycles. The summed E-state index contributed by atoms with van der Waals surface area (Å²) in [5.74, 6) is 0.447. The number of nitrogens with zero attached hydrogens (tertiary/aromatic N) is 2. The molecule has 1 N–H and O–H groups in total. The molecule has 0 saturated carbocycles. The first-order chi connectivity index (χ1) is 5.61. The number of aromatic nitrogens is 1. The van der Waals surface area contributed by atoms with E-state index in [1.54, 1.807) is 12.1 Å². The van der Waals surface area contributed by atoms with Gasteiger partial charge in [-0.05, 0) is 19.1 Å². The summed E-state index contributed by atoms with van der Waals surface area (Å²) in [6, 6.07) is 5.25. The lowest BCUT2D eigenvalue weighted by Crippen LogP contribution is -2.24. The van der Waals surface area contributed by atoms with Gasteiger partial charge in [-0.25, -0.2) is 9.78 Å². The monoisotopic (exact) mass is 166 g/mol. The van der Waals surface area contributed by atoms with Gasteiger partial charge in [-0.15, -0.1) is 0 Å². The summed E-state index contributed by atoms with van der Waals surface area (Å²) in [5.41, 5.74) is 0.806. The number of pyridine rings is 1. The molecule has 0 aliphatic heterocycles. The van der Waals surface area contributed by atoms with Gasteiger partial charge < -0.3 is 5.11 Å². The number of aryl methyl sites for hydroxylation is 1. The van der Waals surface area contributed by atoms with Crippen molar-refractivity contribution in [3.8, 4) is 0 Å². The van der Waals surface area contributed by atoms with E-state index in [0.29, 0.717) is 5.82 Å². The van der Waals surface area contributed by atoms with Crippen molar-refractivity contribution in [2.24, 2.45) is 0 Å². The second-order valence-electron chi connectivity index (χ2n) is 2.48. The Bertz CT molecular complexity index is 299. The fraction of sp³-hybridized carbons (Fsp3) is 0.250. The van der Waals surface area contributed by atoms with Gasteiger partial charge in [0.1, 0.15) is 5.82 Å². The van der Waals surface area contributed by atoms with E-state index in [1.165, 1.54) is 7.05 Å². The highest BCUT2D eigenvalue weighted by molar-refractivity contribution is 5.83. The van der Waals surface area contributed by atoms with Crippen molar-refractivity contribution in [1.29, 1.82) is 0 Å². The number of hydrogen-bond donors (Lipinski definition) is 1. The largest absolute Gasteiger partial charge is 0.465 e. The van der Waals surface area contributed by atoms with Crippen LogP contribution in [0.5, 0.6) is 0 Å². The summed E-state index contributed by atoms with van der Waals surface area (Å²) >= 11 is 0. The van der Waals surface area contributed by atoms with Crippen molar-refractivity contribution in [1.82, 2.24) is 4.98 Å². The summed E-state index contributed by atoms with van der Waals surface area (Å²) in [7, 11) is 1.46. The second kappa shape index (κ2) is 3.21. The third-order valence-electron chi connectivity index (χ3n) is 1.50. The summed E-state index contributed by atoms with van der Waals surface area (Å²) in [4.78, 5) is 15.6. The van der Waals surface area contributed by atoms with E-state index in [2.05, 4.69) is 4.98 Å². The molecule has 1 amide bonds. The van der Waals surface area contributed by atoms with Gasteiger partial charge in [0.2, 0.25) is 0 Å². The van der Waals surface area contributed by atoms with Crippen molar-refractivity contribution in [3.63, 3.8) is 0 Å². The van der Waals surface area contributed by atoms with Crippen molar-refractivity contribution in [2.75, 3.05) is 11.9 Å². The predicted octanol–water partition coefficient (Wildman–Crippen LogP) is 1.50. The van der Waals surface area contributed by atoms with Gasteiger partial charge in [-0.2, -0.15) is 0 Å². The van der Waals surface area contributed by atoms with E-state index in [1.807, 2.05) is 13.0 Å². The van der Waals surface area contributed by atoms with E-state index in [-0.39, 0.29) is 0 Å². The van der Waals surface area contributed by atoms with E-state index in [4.69, 9.17) is 5.11 Å². The Morgan fingerprint density at radius 3 is 2.75 bits per heavy atom. The highest BCUT2D eigenvalue weighted by Gasteiger charge is 2.08. The van der Waals surface area contributed by atoms with Crippen molar-refractivity contribution in [3.05, 3.63) is 23.9 Å². The van der Waals surface area contributed by atoms with Gasteiger partial charge >= 0.3 is 6.09 Å². The molecule has 1 rings (SSSR count). The average Bonchev–Trinajstić information content (AvgIpc) is 2.03. The highest BCUT2D eigenvalue weighted by Crippen LogP contribution is 2.08. The molecule has 0 atom stereocenters. The molecule has 0 aliphatic carbocycles. The number of anilines is 1. The van der Waals surface area contributed by atoms with E-state index < -0.39 is 6.09 Å². The molecule has 1 aromatic heterocycles. The van der Waals surface area contributed by atoms with E-state index >= 15 is 0 Å². The Balaban J connectivity index is 2.95. The first-order valence-corrected chi connectivity index (χ1v) is 3.51. The second-order valence-corrected chi connectivity index (χ2v) is 2.48. The molecular formula is C8H10N2O2. The average molecular weight is 166 g/mol. The van der Waals surface area contributed by atoms with Gasteiger partial charge in [0, 0.05) is 12.7 Å². The molecular weight excluding hydrogens is 156 g/mol. The third-order valence-corrected chi connectivity index (χ3v) is 1.50. The van der Waals surface area contributed by atoms with Crippen LogP contribution in [0.15, 0.2) is 18.2 Å². The molecule has 0 unspecified atom stereocenters. The Morgan fingerprint density at radius 2 is 2.25 bits per heavy atom. The SMILES string of the molecule is Cc1cccc(N(C)C(=O)O)n1. The lowest BCUT2D eigenvalue weighted by atomic mass is 10.3. The fourth-order valence-electron chi connectivity index (χ4n) is 0.813. The van der Waals surface area contributed by atoms with Crippen LogP contribution in [-0.4, -0.2) is 23.2 Å². The van der Waals surface area contributed by atoms with Gasteiger partial charge in [0.15, 0.2) is 0 Å². The lowest BCUT2D eigenvalue weighted by molar-refractivity contribution is 0.203. The zero-order chi connectivity index (χ0) is 9.14. The minimum absolute atomic E-state index is 0.447. The Morgan fingerprint density at radius 1 is 1.58 bits per heavy atom. The predicted molar refractivity (Wildman–Crippen MR) is 45.4 cm³/mol. The zero-order valence-electron chi connectivity index (χ0n) is 6.98. The van der Waals surface area contributed by atoms with Crippen molar-refractivity contribution in [2.45, 2.75) is 6.92 Å². The highest BCUT2D eigenvalue weighted by atomic mass is 16.4. The quantitative estimate of drug-likeness (QED) is 0.687. The molecule has 0 fully saturated rings. The van der Waals surface area contributed by atoms with Crippen LogP contribution in [0, 0.1) is 6.92 Å². The molecule has 12 heavy (non-hydrogen) atoms. The number of amides is 1. The molecule has 64 valence electrons. The minimum atomic E-state index is -1.01. The first kappa shape index (κ1) is 8.52. The fourth-order valence-corrected chi connectivity index (χ4v) is 0.813. The topological polar surface area (TPSA) is 53.4 Å². The number of rotatable bonds is 1. The van der Waals surface area contributed by atoms with Crippen LogP contribution in [-0.2, 0) is 0 Å². The lowest BCUT2D eigenvalue weighted by Gasteiger charge is -2.11. The van der Waals surface area contributed by atoms with Crippen LogP contribution < -0.4 is 4.90 Å². The summed E-state index contributed by atoms with van der Waals surface area (Å²) in [6.07, 6.45) is -1.01. The van der Waals surface area contributed by atoms with Crippen molar-refractivity contribution >= 4 is 11.9 Å². The van der Waals surface area contributed by atoms with Crippen LogP contribution in [0.25, 0.3) is 0 Å². The molecule has 0 aliphatic rings. The van der Waals surface area contributed by atoms with Gasteiger partial charge in [0.25, 0.3) is 0 Å². The Hall–Kier alpha value is -1.58. The molecule has 4 heteroatoms.